The normalized spacial score (nSPS) is 24.6. The average molecular weight is 347 g/mol. The average Bonchev–Trinajstić information content (AvgIpc) is 2.95. The SMILES string of the molecule is NC1COC2(CCN(S(=O)(=O)c3cnc4ccccc4c3)CC2)C1. The summed E-state index contributed by atoms with van der Waals surface area (Å²) in [6.45, 7) is 1.49. The van der Waals surface area contributed by atoms with Crippen LogP contribution >= 0.6 is 0 Å². The molecule has 0 saturated carbocycles. The van der Waals surface area contributed by atoms with Gasteiger partial charge in [0.05, 0.1) is 17.7 Å². The number of aromatic nitrogens is 1. The zero-order valence-electron chi connectivity index (χ0n) is 13.4. The fraction of sp³-hybridized carbons (Fsp3) is 0.471. The first kappa shape index (κ1) is 16.0. The molecule has 1 spiro atoms. The number of sulfonamides is 1. The summed E-state index contributed by atoms with van der Waals surface area (Å²) in [5.41, 5.74) is 6.50. The van der Waals surface area contributed by atoms with Gasteiger partial charge in [-0.1, -0.05) is 18.2 Å². The van der Waals surface area contributed by atoms with Crippen LogP contribution in [0.3, 0.4) is 0 Å². The molecule has 1 aromatic carbocycles. The highest BCUT2D eigenvalue weighted by Crippen LogP contribution is 2.36. The van der Waals surface area contributed by atoms with Gasteiger partial charge >= 0.3 is 0 Å². The van der Waals surface area contributed by atoms with Gasteiger partial charge in [-0.2, -0.15) is 4.31 Å². The summed E-state index contributed by atoms with van der Waals surface area (Å²) >= 11 is 0. The molecular weight excluding hydrogens is 326 g/mol. The Balaban J connectivity index is 1.56. The second-order valence-corrected chi connectivity index (χ2v) is 8.66. The first-order valence-corrected chi connectivity index (χ1v) is 9.67. The Morgan fingerprint density at radius 3 is 2.71 bits per heavy atom. The lowest BCUT2D eigenvalue weighted by Gasteiger charge is -2.37. The highest BCUT2D eigenvalue weighted by Gasteiger charge is 2.43. The highest BCUT2D eigenvalue weighted by atomic mass is 32.2. The van der Waals surface area contributed by atoms with Gasteiger partial charge in [-0.25, -0.2) is 8.42 Å². The van der Waals surface area contributed by atoms with E-state index < -0.39 is 10.0 Å². The Morgan fingerprint density at radius 1 is 1.25 bits per heavy atom. The summed E-state index contributed by atoms with van der Waals surface area (Å²) < 4.78 is 33.2. The number of nitrogens with zero attached hydrogens (tertiary/aromatic N) is 2. The Labute approximate surface area is 141 Å². The van der Waals surface area contributed by atoms with E-state index in [1.807, 2.05) is 24.3 Å². The molecule has 2 aromatic rings. The van der Waals surface area contributed by atoms with Gasteiger partial charge in [0, 0.05) is 30.7 Å². The van der Waals surface area contributed by atoms with E-state index in [1.165, 1.54) is 10.5 Å². The van der Waals surface area contributed by atoms with Gasteiger partial charge < -0.3 is 10.5 Å². The molecule has 1 atom stereocenters. The highest BCUT2D eigenvalue weighted by molar-refractivity contribution is 7.89. The monoisotopic (exact) mass is 347 g/mol. The minimum Gasteiger partial charge on any atom is -0.373 e. The summed E-state index contributed by atoms with van der Waals surface area (Å²) in [7, 11) is -3.53. The molecule has 0 bridgehead atoms. The first-order valence-electron chi connectivity index (χ1n) is 8.23. The summed E-state index contributed by atoms with van der Waals surface area (Å²) in [6, 6.07) is 9.28. The lowest BCUT2D eigenvalue weighted by atomic mass is 9.88. The van der Waals surface area contributed by atoms with Gasteiger partial charge in [0.15, 0.2) is 0 Å². The van der Waals surface area contributed by atoms with Gasteiger partial charge in [-0.05, 0) is 31.4 Å². The molecule has 128 valence electrons. The van der Waals surface area contributed by atoms with Crippen molar-refractivity contribution < 1.29 is 13.2 Å². The Bertz CT molecular complexity index is 860. The molecule has 3 heterocycles. The molecule has 6 nitrogen and oxygen atoms in total. The van der Waals surface area contributed by atoms with Crippen LogP contribution in [0.2, 0.25) is 0 Å². The quantitative estimate of drug-likeness (QED) is 0.890. The van der Waals surface area contributed by atoms with E-state index in [4.69, 9.17) is 10.5 Å². The van der Waals surface area contributed by atoms with Crippen molar-refractivity contribution in [1.29, 1.82) is 0 Å². The van der Waals surface area contributed by atoms with Crippen LogP contribution in [-0.2, 0) is 14.8 Å². The van der Waals surface area contributed by atoms with Crippen molar-refractivity contribution in [2.24, 2.45) is 5.73 Å². The third-order valence-electron chi connectivity index (χ3n) is 5.07. The van der Waals surface area contributed by atoms with Crippen molar-refractivity contribution in [1.82, 2.24) is 9.29 Å². The number of piperidine rings is 1. The van der Waals surface area contributed by atoms with Crippen LogP contribution in [0.25, 0.3) is 10.9 Å². The predicted octanol–water partition coefficient (Wildman–Crippen LogP) is 1.51. The predicted molar refractivity (Wildman–Crippen MR) is 91.0 cm³/mol. The van der Waals surface area contributed by atoms with Gasteiger partial charge in [0.2, 0.25) is 10.0 Å². The van der Waals surface area contributed by atoms with E-state index in [9.17, 15) is 8.42 Å². The van der Waals surface area contributed by atoms with E-state index >= 15 is 0 Å². The van der Waals surface area contributed by atoms with Crippen molar-refractivity contribution in [3.8, 4) is 0 Å². The number of ether oxygens (including phenoxy) is 1. The first-order chi connectivity index (χ1) is 11.5. The maximum Gasteiger partial charge on any atom is 0.244 e. The largest absolute Gasteiger partial charge is 0.373 e. The molecule has 1 aromatic heterocycles. The lowest BCUT2D eigenvalue weighted by Crippen LogP contribution is -2.46. The van der Waals surface area contributed by atoms with E-state index in [2.05, 4.69) is 4.98 Å². The molecule has 2 fully saturated rings. The topological polar surface area (TPSA) is 85.5 Å². The molecule has 1 unspecified atom stereocenters. The smallest absolute Gasteiger partial charge is 0.244 e. The maximum atomic E-state index is 12.9. The van der Waals surface area contributed by atoms with Gasteiger partial charge in [0.1, 0.15) is 4.90 Å². The van der Waals surface area contributed by atoms with E-state index in [0.29, 0.717) is 32.5 Å². The van der Waals surface area contributed by atoms with Gasteiger partial charge in [-0.3, -0.25) is 4.98 Å². The molecule has 2 aliphatic heterocycles. The van der Waals surface area contributed by atoms with Crippen LogP contribution in [-0.4, -0.2) is 49.0 Å². The number of nitrogens with two attached hydrogens (primary N) is 1. The third-order valence-corrected chi connectivity index (χ3v) is 6.94. The molecule has 7 heteroatoms. The number of rotatable bonds is 2. The molecular formula is C17H21N3O3S. The number of para-hydroxylation sites is 1. The standard InChI is InChI=1S/C17H21N3O3S/c18-14-10-17(23-12-14)5-7-20(8-6-17)24(21,22)15-9-13-3-1-2-4-16(13)19-11-15/h1-4,9,11,14H,5-8,10,12,18H2. The zero-order valence-corrected chi connectivity index (χ0v) is 14.2. The van der Waals surface area contributed by atoms with E-state index in [0.717, 1.165) is 17.3 Å². The van der Waals surface area contributed by atoms with Crippen LogP contribution in [0.15, 0.2) is 41.4 Å². The molecule has 2 aliphatic rings. The number of hydrogen-bond donors (Lipinski definition) is 1. The second kappa shape index (κ2) is 5.77. The van der Waals surface area contributed by atoms with Crippen molar-refractivity contribution in [3.05, 3.63) is 36.5 Å². The number of pyridine rings is 1. The van der Waals surface area contributed by atoms with Crippen molar-refractivity contribution in [2.75, 3.05) is 19.7 Å². The Hall–Kier alpha value is -1.54. The lowest BCUT2D eigenvalue weighted by molar-refractivity contribution is -0.0310. The molecule has 2 saturated heterocycles. The van der Waals surface area contributed by atoms with Crippen molar-refractivity contribution >= 4 is 20.9 Å². The Kier molecular flexibility index (Phi) is 3.84. The summed E-state index contributed by atoms with van der Waals surface area (Å²) in [5.74, 6) is 0. The molecule has 0 aliphatic carbocycles. The van der Waals surface area contributed by atoms with Crippen LogP contribution in [0, 0.1) is 0 Å². The third kappa shape index (κ3) is 2.71. The minimum absolute atomic E-state index is 0.0674. The Morgan fingerprint density at radius 2 is 2.00 bits per heavy atom. The van der Waals surface area contributed by atoms with Gasteiger partial charge in [-0.15, -0.1) is 0 Å². The fourth-order valence-corrected chi connectivity index (χ4v) is 5.13. The zero-order chi connectivity index (χ0) is 16.8. The second-order valence-electron chi connectivity index (χ2n) is 6.73. The number of benzene rings is 1. The van der Waals surface area contributed by atoms with Crippen molar-refractivity contribution in [3.63, 3.8) is 0 Å². The van der Waals surface area contributed by atoms with Gasteiger partial charge in [0.25, 0.3) is 0 Å². The minimum atomic E-state index is -3.53. The molecule has 4 rings (SSSR count). The maximum absolute atomic E-state index is 12.9. The van der Waals surface area contributed by atoms with Crippen LogP contribution in [0.1, 0.15) is 19.3 Å². The number of fused-ring (bicyclic) bond motifs is 1. The van der Waals surface area contributed by atoms with Crippen LogP contribution in [0.5, 0.6) is 0 Å². The number of hydrogen-bond acceptors (Lipinski definition) is 5. The molecule has 2 N–H and O–H groups in total. The fourth-order valence-electron chi connectivity index (χ4n) is 3.70. The summed E-state index contributed by atoms with van der Waals surface area (Å²) in [5, 5.41) is 0.831. The summed E-state index contributed by atoms with van der Waals surface area (Å²) in [6.07, 6.45) is 3.66. The van der Waals surface area contributed by atoms with E-state index in [-0.39, 0.29) is 16.5 Å². The van der Waals surface area contributed by atoms with Crippen LogP contribution < -0.4 is 5.73 Å². The molecule has 24 heavy (non-hydrogen) atoms. The van der Waals surface area contributed by atoms with Crippen molar-refractivity contribution in [2.45, 2.75) is 35.8 Å². The van der Waals surface area contributed by atoms with E-state index in [1.54, 1.807) is 6.07 Å². The van der Waals surface area contributed by atoms with Crippen LogP contribution in [0.4, 0.5) is 0 Å². The molecule has 0 radical (unpaired) electrons. The molecule has 0 amide bonds. The summed E-state index contributed by atoms with van der Waals surface area (Å²) in [4.78, 5) is 4.53.